The fourth-order valence-electron chi connectivity index (χ4n) is 4.33. The van der Waals surface area contributed by atoms with Crippen LogP contribution in [-0.2, 0) is 14.3 Å². The van der Waals surface area contributed by atoms with Crippen molar-refractivity contribution in [2.75, 3.05) is 17.2 Å². The van der Waals surface area contributed by atoms with Gasteiger partial charge in [-0.2, -0.15) is 10.5 Å². The van der Waals surface area contributed by atoms with Crippen molar-refractivity contribution in [1.29, 1.82) is 10.5 Å². The van der Waals surface area contributed by atoms with Gasteiger partial charge in [-0.05, 0) is 60.7 Å². The number of ether oxygens (including phenoxy) is 1. The first-order valence-electron chi connectivity index (χ1n) is 12.5. The number of nitrogens with two attached hydrogens (primary N) is 1. The molecule has 4 aromatic rings. The lowest BCUT2D eigenvalue weighted by Crippen LogP contribution is -2.31. The molecule has 1 aliphatic rings. The summed E-state index contributed by atoms with van der Waals surface area (Å²) in [4.78, 5) is 56.0. The van der Waals surface area contributed by atoms with E-state index in [0.29, 0.717) is 0 Å². The van der Waals surface area contributed by atoms with Crippen LogP contribution in [0.4, 0.5) is 15.9 Å². The molecule has 0 saturated carbocycles. The fraction of sp³-hybridized carbons (Fsp3) is 0.100. The molecular formula is C30H18FN5O6S. The molecule has 13 heteroatoms. The van der Waals surface area contributed by atoms with Gasteiger partial charge in [-0.25, -0.2) is 19.1 Å². The van der Waals surface area contributed by atoms with Crippen molar-refractivity contribution in [2.45, 2.75) is 16.7 Å². The largest absolute Gasteiger partial charge is 0.464 e. The zero-order chi connectivity index (χ0) is 30.7. The second kappa shape index (κ2) is 12.0. The number of Topliss-reactive ketones (excluding diaryl/α,β-unsaturated/α-hetero) is 1. The maximum absolute atomic E-state index is 13.3. The molecule has 11 nitrogen and oxygen atoms in total. The molecule has 2 aromatic heterocycles. The van der Waals surface area contributed by atoms with E-state index in [0.717, 1.165) is 28.8 Å². The van der Waals surface area contributed by atoms with Crippen molar-refractivity contribution < 1.29 is 32.7 Å². The predicted octanol–water partition coefficient (Wildman–Crippen LogP) is 4.27. The van der Waals surface area contributed by atoms with E-state index >= 15 is 0 Å². The van der Waals surface area contributed by atoms with Crippen molar-refractivity contribution in [3.63, 3.8) is 0 Å². The molecule has 1 unspecified atom stereocenters. The van der Waals surface area contributed by atoms with Crippen molar-refractivity contribution in [3.05, 3.63) is 95.0 Å². The number of furan rings is 1. The number of esters is 1. The molecule has 1 aliphatic heterocycles. The molecule has 2 amide bonds. The maximum atomic E-state index is 13.3. The van der Waals surface area contributed by atoms with Crippen LogP contribution in [0.3, 0.4) is 0 Å². The van der Waals surface area contributed by atoms with Gasteiger partial charge in [0.1, 0.15) is 40.1 Å². The Labute approximate surface area is 247 Å². The molecule has 1 fully saturated rings. The Balaban J connectivity index is 1.30. The SMILES string of the molecule is N#Cc1c(N)nc(SC2CC(=O)N(c3ccc(C(=O)OCC(=O)c4ccc(F)cc4)cc3)C2=O)c(C#N)c1-c1ccco1. The number of anilines is 2. The summed E-state index contributed by atoms with van der Waals surface area (Å²) in [5, 5.41) is 18.6. The van der Waals surface area contributed by atoms with Gasteiger partial charge in [-0.3, -0.25) is 14.4 Å². The Morgan fingerprint density at radius 2 is 1.72 bits per heavy atom. The van der Waals surface area contributed by atoms with Gasteiger partial charge in [0.25, 0.3) is 0 Å². The number of nitrogens with zero attached hydrogens (tertiary/aromatic N) is 4. The first-order valence-corrected chi connectivity index (χ1v) is 13.4. The number of hydrogen-bond donors (Lipinski definition) is 1. The monoisotopic (exact) mass is 595 g/mol. The number of nitriles is 2. The van der Waals surface area contributed by atoms with E-state index < -0.39 is 41.2 Å². The summed E-state index contributed by atoms with van der Waals surface area (Å²) in [5.74, 6) is -2.87. The summed E-state index contributed by atoms with van der Waals surface area (Å²) in [5.41, 5.74) is 6.51. The number of hydrogen-bond acceptors (Lipinski definition) is 11. The average Bonchev–Trinajstić information content (AvgIpc) is 3.63. The van der Waals surface area contributed by atoms with Gasteiger partial charge in [0.05, 0.1) is 33.9 Å². The second-order valence-corrected chi connectivity index (χ2v) is 10.3. The summed E-state index contributed by atoms with van der Waals surface area (Å²) in [6, 6.07) is 17.3. The van der Waals surface area contributed by atoms with Gasteiger partial charge in [0.2, 0.25) is 11.8 Å². The molecule has 212 valence electrons. The number of thioether (sulfide) groups is 1. The van der Waals surface area contributed by atoms with E-state index in [1.807, 2.05) is 12.1 Å². The highest BCUT2D eigenvalue weighted by Crippen LogP contribution is 2.40. The molecule has 1 atom stereocenters. The standard InChI is InChI=1S/C30H18FN5O6S/c31-18-7-3-16(4-8-18)22(37)15-42-30(40)17-5-9-19(10-6-17)36-25(38)12-24(29(36)39)43-28-21(14-33)26(23-2-1-11-41-23)20(13-32)27(34)35-28/h1-11,24H,12,15H2,(H2,34,35). The van der Waals surface area contributed by atoms with Crippen molar-refractivity contribution in [3.8, 4) is 23.5 Å². The smallest absolute Gasteiger partial charge is 0.338 e. The number of rotatable bonds is 8. The van der Waals surface area contributed by atoms with Crippen molar-refractivity contribution in [2.24, 2.45) is 0 Å². The average molecular weight is 596 g/mol. The number of halogens is 1. The van der Waals surface area contributed by atoms with Crippen molar-refractivity contribution >= 4 is 46.8 Å². The first kappa shape index (κ1) is 28.7. The second-order valence-electron chi connectivity index (χ2n) is 9.06. The number of nitrogen functional groups attached to an aromatic ring is 1. The number of benzene rings is 2. The Kier molecular flexibility index (Phi) is 8.00. The number of carbonyl (C=O) groups excluding carboxylic acids is 4. The van der Waals surface area contributed by atoms with E-state index in [-0.39, 0.29) is 56.5 Å². The van der Waals surface area contributed by atoms with Crippen LogP contribution < -0.4 is 10.6 Å². The maximum Gasteiger partial charge on any atom is 0.338 e. The zero-order valence-electron chi connectivity index (χ0n) is 21.9. The molecule has 0 radical (unpaired) electrons. The van der Waals surface area contributed by atoms with Crippen LogP contribution in [0.15, 0.2) is 76.4 Å². The van der Waals surface area contributed by atoms with Crippen LogP contribution in [0.1, 0.15) is 38.3 Å². The third-order valence-electron chi connectivity index (χ3n) is 6.40. The number of aromatic nitrogens is 1. The highest BCUT2D eigenvalue weighted by Gasteiger charge is 2.41. The number of ketones is 1. The Bertz CT molecular complexity index is 1840. The van der Waals surface area contributed by atoms with Crippen molar-refractivity contribution in [1.82, 2.24) is 4.98 Å². The molecule has 3 heterocycles. The van der Waals surface area contributed by atoms with Gasteiger partial charge in [0, 0.05) is 12.0 Å². The predicted molar refractivity (Wildman–Crippen MR) is 150 cm³/mol. The molecule has 5 rings (SSSR count). The molecule has 0 bridgehead atoms. The first-order chi connectivity index (χ1) is 20.7. The van der Waals surface area contributed by atoms with Gasteiger partial charge in [0.15, 0.2) is 12.4 Å². The Morgan fingerprint density at radius 1 is 1.05 bits per heavy atom. The summed E-state index contributed by atoms with van der Waals surface area (Å²) in [6.07, 6.45) is 1.16. The molecule has 2 aromatic carbocycles. The molecular weight excluding hydrogens is 577 g/mol. The normalized spacial score (nSPS) is 14.3. The summed E-state index contributed by atoms with van der Waals surface area (Å²) in [7, 11) is 0. The van der Waals surface area contributed by atoms with E-state index in [4.69, 9.17) is 14.9 Å². The molecule has 0 spiro atoms. The van der Waals surface area contributed by atoms with E-state index in [9.17, 15) is 34.1 Å². The topological polar surface area (TPSA) is 180 Å². The van der Waals surface area contributed by atoms with Crippen LogP contribution >= 0.6 is 11.8 Å². The minimum Gasteiger partial charge on any atom is -0.464 e. The highest BCUT2D eigenvalue weighted by atomic mass is 32.2. The molecule has 1 saturated heterocycles. The third kappa shape index (κ3) is 5.70. The van der Waals surface area contributed by atoms with Gasteiger partial charge >= 0.3 is 5.97 Å². The van der Waals surface area contributed by atoms with Crippen LogP contribution in [-0.4, -0.2) is 40.4 Å². The number of imide groups is 1. The van der Waals surface area contributed by atoms with E-state index in [1.165, 1.54) is 42.7 Å². The van der Waals surface area contributed by atoms with Crippen LogP contribution in [0.2, 0.25) is 0 Å². The third-order valence-corrected chi connectivity index (χ3v) is 7.58. The summed E-state index contributed by atoms with van der Waals surface area (Å²) >= 11 is 0.870. The summed E-state index contributed by atoms with van der Waals surface area (Å²) < 4.78 is 23.5. The lowest BCUT2D eigenvalue weighted by molar-refractivity contribution is -0.121. The Hall–Kier alpha value is -5.79. The Morgan fingerprint density at radius 3 is 2.35 bits per heavy atom. The van der Waals surface area contributed by atoms with Gasteiger partial charge < -0.3 is 14.9 Å². The van der Waals surface area contributed by atoms with Crippen LogP contribution in [0.25, 0.3) is 11.3 Å². The molecule has 43 heavy (non-hydrogen) atoms. The lowest BCUT2D eigenvalue weighted by atomic mass is 10.0. The fourth-order valence-corrected chi connectivity index (χ4v) is 5.45. The lowest BCUT2D eigenvalue weighted by Gasteiger charge is -2.16. The summed E-state index contributed by atoms with van der Waals surface area (Å²) in [6.45, 7) is -0.561. The van der Waals surface area contributed by atoms with E-state index in [2.05, 4.69) is 4.98 Å². The van der Waals surface area contributed by atoms with Gasteiger partial charge in [-0.15, -0.1) is 0 Å². The minimum absolute atomic E-state index is 0.0230. The molecule has 2 N–H and O–H groups in total. The highest BCUT2D eigenvalue weighted by molar-refractivity contribution is 8.00. The number of pyridine rings is 1. The number of carbonyl (C=O) groups is 4. The quantitative estimate of drug-likeness (QED) is 0.174. The van der Waals surface area contributed by atoms with Crippen LogP contribution in [0.5, 0.6) is 0 Å². The molecule has 0 aliphatic carbocycles. The number of amides is 2. The van der Waals surface area contributed by atoms with Crippen LogP contribution in [0, 0.1) is 28.5 Å². The minimum atomic E-state index is -0.953. The zero-order valence-corrected chi connectivity index (χ0v) is 22.8. The van der Waals surface area contributed by atoms with Gasteiger partial charge in [-0.1, -0.05) is 11.8 Å². The van der Waals surface area contributed by atoms with E-state index in [1.54, 1.807) is 12.1 Å².